The Kier molecular flexibility index (Phi) is 5.65. The first-order valence-corrected chi connectivity index (χ1v) is 9.89. The maximum Gasteiger partial charge on any atom is 0.338 e. The van der Waals surface area contributed by atoms with Crippen molar-refractivity contribution in [1.82, 2.24) is 5.32 Å². The first-order chi connectivity index (χ1) is 12.4. The number of hydrogen-bond donors (Lipinski definition) is 2. The number of carbonyl (C=O) groups excluding carboxylic acids is 1. The van der Waals surface area contributed by atoms with Crippen LogP contribution in [0.3, 0.4) is 0 Å². The minimum absolute atomic E-state index is 0.309. The van der Waals surface area contributed by atoms with E-state index in [-0.39, 0.29) is 5.97 Å². The number of halogens is 1. The van der Waals surface area contributed by atoms with Crippen molar-refractivity contribution < 1.29 is 9.53 Å². The Labute approximate surface area is 162 Å². The molecule has 0 unspecified atom stereocenters. The van der Waals surface area contributed by atoms with E-state index < -0.39 is 5.66 Å². The van der Waals surface area contributed by atoms with Crippen molar-refractivity contribution in [2.45, 2.75) is 58.0 Å². The van der Waals surface area contributed by atoms with Crippen LogP contribution in [0.4, 0.5) is 0 Å². The molecule has 1 spiro atoms. The highest BCUT2D eigenvalue weighted by Crippen LogP contribution is 2.34. The molecule has 0 bridgehead atoms. The summed E-state index contributed by atoms with van der Waals surface area (Å²) in [7, 11) is 0. The average molecular weight is 421 g/mol. The minimum Gasteiger partial charge on any atom is -0.462 e. The maximum atomic E-state index is 12.2. The Morgan fingerprint density at radius 2 is 2.04 bits per heavy atom. The van der Waals surface area contributed by atoms with Crippen LogP contribution >= 0.6 is 15.9 Å². The van der Waals surface area contributed by atoms with E-state index in [1.807, 2.05) is 19.1 Å². The normalized spacial score (nSPS) is 18.7. The smallest absolute Gasteiger partial charge is 0.338 e. The zero-order chi connectivity index (χ0) is 18.7. The molecule has 1 aliphatic carbocycles. The van der Waals surface area contributed by atoms with Crippen LogP contribution in [0.1, 0.15) is 60.5 Å². The standard InChI is InChI=1S/C19H25BrN4O2/c1-3-26-17(25)14-9-13(10-15(20)12(14)2)11-16-22-18(21)24-19(23-16)7-5-4-6-8-19/h9-10H,3-8,11H2,1-2H3,(H3,21,22,23,24). The molecular formula is C19H25BrN4O2. The Morgan fingerprint density at radius 3 is 2.73 bits per heavy atom. The molecule has 1 saturated carbocycles. The summed E-state index contributed by atoms with van der Waals surface area (Å²) in [6, 6.07) is 3.88. The second-order valence-corrected chi connectivity index (χ2v) is 7.73. The number of rotatable bonds is 4. The molecule has 0 atom stereocenters. The zero-order valence-electron chi connectivity index (χ0n) is 15.3. The van der Waals surface area contributed by atoms with Gasteiger partial charge in [0.1, 0.15) is 5.84 Å². The topological polar surface area (TPSA) is 89.1 Å². The number of amidine groups is 1. The van der Waals surface area contributed by atoms with E-state index in [1.54, 1.807) is 6.92 Å². The number of ether oxygens (including phenoxy) is 1. The third-order valence-electron chi connectivity index (χ3n) is 4.87. The lowest BCUT2D eigenvalue weighted by Crippen LogP contribution is -2.47. The summed E-state index contributed by atoms with van der Waals surface area (Å²) in [4.78, 5) is 21.7. The molecule has 1 fully saturated rings. The number of carbonyl (C=O) groups is 1. The van der Waals surface area contributed by atoms with Crippen LogP contribution in [0.25, 0.3) is 0 Å². The number of nitrogens with two attached hydrogens (primary N) is 1. The summed E-state index contributed by atoms with van der Waals surface area (Å²) in [6.45, 7) is 4.06. The molecule has 0 amide bonds. The van der Waals surface area contributed by atoms with Crippen molar-refractivity contribution in [3.8, 4) is 0 Å². The fraction of sp³-hybridized carbons (Fsp3) is 0.526. The van der Waals surface area contributed by atoms with E-state index in [4.69, 9.17) is 15.5 Å². The number of nitrogens with one attached hydrogen (secondary N) is 1. The lowest BCUT2D eigenvalue weighted by molar-refractivity contribution is 0.0525. The van der Waals surface area contributed by atoms with E-state index in [1.165, 1.54) is 6.42 Å². The summed E-state index contributed by atoms with van der Waals surface area (Å²) < 4.78 is 6.05. The van der Waals surface area contributed by atoms with Gasteiger partial charge in [-0.25, -0.2) is 14.8 Å². The van der Waals surface area contributed by atoms with Gasteiger partial charge in [0.25, 0.3) is 0 Å². The highest BCUT2D eigenvalue weighted by molar-refractivity contribution is 9.10. The second kappa shape index (κ2) is 7.78. The molecule has 7 heteroatoms. The monoisotopic (exact) mass is 420 g/mol. The fourth-order valence-corrected chi connectivity index (χ4v) is 4.09. The number of guanidine groups is 1. The molecule has 6 nitrogen and oxygen atoms in total. The molecule has 0 aromatic heterocycles. The number of esters is 1. The number of benzene rings is 1. The molecule has 3 rings (SSSR count). The van der Waals surface area contributed by atoms with Crippen LogP contribution in [0, 0.1) is 6.92 Å². The SMILES string of the molecule is CCOC(=O)c1cc(CC2=NC3(CCCCC3)N=C(N)N2)cc(Br)c1C. The Morgan fingerprint density at radius 1 is 1.31 bits per heavy atom. The molecule has 1 heterocycles. The van der Waals surface area contributed by atoms with Crippen LogP contribution < -0.4 is 11.1 Å². The van der Waals surface area contributed by atoms with Crippen LogP contribution in [-0.2, 0) is 11.2 Å². The highest BCUT2D eigenvalue weighted by atomic mass is 79.9. The van der Waals surface area contributed by atoms with Gasteiger partial charge in [0, 0.05) is 10.9 Å². The van der Waals surface area contributed by atoms with Crippen molar-refractivity contribution >= 4 is 33.7 Å². The van der Waals surface area contributed by atoms with Crippen LogP contribution in [0.15, 0.2) is 26.6 Å². The molecule has 0 saturated heterocycles. The van der Waals surface area contributed by atoms with Gasteiger partial charge in [0.15, 0.2) is 11.6 Å². The molecular weight excluding hydrogens is 396 g/mol. The van der Waals surface area contributed by atoms with Crippen molar-refractivity contribution in [1.29, 1.82) is 0 Å². The minimum atomic E-state index is -0.408. The van der Waals surface area contributed by atoms with Gasteiger partial charge in [-0.2, -0.15) is 0 Å². The average Bonchev–Trinajstić information content (AvgIpc) is 2.58. The van der Waals surface area contributed by atoms with Gasteiger partial charge in [0.2, 0.25) is 0 Å². The molecule has 140 valence electrons. The van der Waals surface area contributed by atoms with Gasteiger partial charge < -0.3 is 15.8 Å². The quantitative estimate of drug-likeness (QED) is 0.729. The Hall–Kier alpha value is -1.89. The second-order valence-electron chi connectivity index (χ2n) is 6.87. The Bertz CT molecular complexity index is 767. The molecule has 0 radical (unpaired) electrons. The molecule has 3 N–H and O–H groups in total. The van der Waals surface area contributed by atoms with Crippen molar-refractivity contribution in [3.63, 3.8) is 0 Å². The third kappa shape index (κ3) is 4.09. The fourth-order valence-electron chi connectivity index (χ4n) is 3.58. The van der Waals surface area contributed by atoms with Gasteiger partial charge in [-0.3, -0.25) is 0 Å². The lowest BCUT2D eigenvalue weighted by Gasteiger charge is -2.34. The first-order valence-electron chi connectivity index (χ1n) is 9.10. The molecule has 1 aliphatic heterocycles. The predicted molar refractivity (Wildman–Crippen MR) is 107 cm³/mol. The van der Waals surface area contributed by atoms with Crippen molar-refractivity contribution in [2.75, 3.05) is 6.61 Å². The summed E-state index contributed by atoms with van der Waals surface area (Å²) in [6.07, 6.45) is 5.90. The lowest BCUT2D eigenvalue weighted by atomic mass is 9.89. The Balaban J connectivity index is 1.87. The van der Waals surface area contributed by atoms with Gasteiger partial charge in [-0.15, -0.1) is 0 Å². The summed E-state index contributed by atoms with van der Waals surface area (Å²) in [5.41, 5.74) is 8.03. The zero-order valence-corrected chi connectivity index (χ0v) is 16.9. The van der Waals surface area contributed by atoms with Gasteiger partial charge in [0.05, 0.1) is 12.2 Å². The maximum absolute atomic E-state index is 12.2. The number of nitrogens with zero attached hydrogens (tertiary/aromatic N) is 2. The highest BCUT2D eigenvalue weighted by Gasteiger charge is 2.34. The van der Waals surface area contributed by atoms with Crippen molar-refractivity contribution in [3.05, 3.63) is 33.3 Å². The van der Waals surface area contributed by atoms with Gasteiger partial charge in [-0.1, -0.05) is 22.4 Å². The van der Waals surface area contributed by atoms with E-state index in [9.17, 15) is 4.79 Å². The molecule has 1 aromatic carbocycles. The first kappa shape index (κ1) is 18.9. The molecule has 2 aliphatic rings. The number of aliphatic imine (C=N–C) groups is 2. The van der Waals surface area contributed by atoms with Gasteiger partial charge >= 0.3 is 5.97 Å². The largest absolute Gasteiger partial charge is 0.462 e. The van der Waals surface area contributed by atoms with E-state index in [2.05, 4.69) is 26.2 Å². The van der Waals surface area contributed by atoms with E-state index in [0.717, 1.165) is 47.1 Å². The summed E-state index contributed by atoms with van der Waals surface area (Å²) in [5.74, 6) is 0.912. The summed E-state index contributed by atoms with van der Waals surface area (Å²) >= 11 is 3.55. The summed E-state index contributed by atoms with van der Waals surface area (Å²) in [5, 5.41) is 3.09. The van der Waals surface area contributed by atoms with Crippen molar-refractivity contribution in [2.24, 2.45) is 15.7 Å². The third-order valence-corrected chi connectivity index (χ3v) is 5.69. The van der Waals surface area contributed by atoms with Crippen LogP contribution in [-0.4, -0.2) is 30.0 Å². The molecule has 26 heavy (non-hydrogen) atoms. The van der Waals surface area contributed by atoms with Gasteiger partial charge in [-0.05, 0) is 62.8 Å². The molecule has 1 aromatic rings. The van der Waals surface area contributed by atoms with Crippen LogP contribution in [0.2, 0.25) is 0 Å². The van der Waals surface area contributed by atoms with E-state index >= 15 is 0 Å². The number of hydrogen-bond acceptors (Lipinski definition) is 6. The van der Waals surface area contributed by atoms with Crippen LogP contribution in [0.5, 0.6) is 0 Å². The predicted octanol–water partition coefficient (Wildman–Crippen LogP) is 3.45. The van der Waals surface area contributed by atoms with E-state index in [0.29, 0.717) is 24.6 Å².